The first-order valence-electron chi connectivity index (χ1n) is 16.0. The van der Waals surface area contributed by atoms with Crippen molar-refractivity contribution in [2.75, 3.05) is 5.73 Å². The molecule has 0 radical (unpaired) electrons. The fourth-order valence-electron chi connectivity index (χ4n) is 6.95. The molecule has 220 valence electrons. The molecule has 5 nitrogen and oxygen atoms in total. The SMILES string of the molecule is Cc1ccc2cc(-c3ccc4nc5c(cc4c3)CCCCc3cc4cc(-c6ccc7nc(N)ccc7c6)ccc4nc3-5)ccc2n1. The molecular weight excluding hydrogens is 562 g/mol. The first-order chi connectivity index (χ1) is 22.5. The Morgan fingerprint density at radius 3 is 1.39 bits per heavy atom. The number of benzene rings is 4. The Morgan fingerprint density at radius 2 is 0.870 bits per heavy atom. The summed E-state index contributed by atoms with van der Waals surface area (Å²) in [6, 6.07) is 38.8. The summed E-state index contributed by atoms with van der Waals surface area (Å²) in [7, 11) is 0. The molecule has 4 aromatic carbocycles. The van der Waals surface area contributed by atoms with Gasteiger partial charge in [-0.15, -0.1) is 0 Å². The Labute approximate surface area is 266 Å². The number of hydrogen-bond acceptors (Lipinski definition) is 5. The molecule has 9 rings (SSSR count). The molecule has 0 unspecified atom stereocenters. The minimum atomic E-state index is 0.538. The second-order valence-electron chi connectivity index (χ2n) is 12.5. The number of anilines is 1. The van der Waals surface area contributed by atoms with Gasteiger partial charge in [0.05, 0.1) is 33.5 Å². The number of aryl methyl sites for hydroxylation is 3. The zero-order valence-corrected chi connectivity index (χ0v) is 25.6. The van der Waals surface area contributed by atoms with E-state index < -0.39 is 0 Å². The molecular formula is C41H31N5. The van der Waals surface area contributed by atoms with E-state index in [2.05, 4.69) is 101 Å². The van der Waals surface area contributed by atoms with Crippen LogP contribution in [0.3, 0.4) is 0 Å². The van der Waals surface area contributed by atoms with E-state index in [-0.39, 0.29) is 0 Å². The molecule has 0 spiro atoms. The van der Waals surface area contributed by atoms with Gasteiger partial charge in [0.15, 0.2) is 0 Å². The smallest absolute Gasteiger partial charge is 0.124 e. The Kier molecular flexibility index (Phi) is 6.07. The van der Waals surface area contributed by atoms with Crippen LogP contribution < -0.4 is 5.73 Å². The van der Waals surface area contributed by atoms with Gasteiger partial charge in [-0.2, -0.15) is 0 Å². The number of pyridine rings is 4. The van der Waals surface area contributed by atoms with Crippen molar-refractivity contribution in [1.29, 1.82) is 0 Å². The molecule has 0 bridgehead atoms. The van der Waals surface area contributed by atoms with E-state index in [0.717, 1.165) is 92.1 Å². The third-order valence-corrected chi connectivity index (χ3v) is 9.36. The third kappa shape index (κ3) is 4.63. The van der Waals surface area contributed by atoms with Crippen molar-refractivity contribution < 1.29 is 0 Å². The lowest BCUT2D eigenvalue weighted by molar-refractivity contribution is 0.726. The maximum Gasteiger partial charge on any atom is 0.124 e. The Balaban J connectivity index is 1.12. The van der Waals surface area contributed by atoms with Gasteiger partial charge < -0.3 is 5.73 Å². The number of nitrogens with two attached hydrogens (primary N) is 1. The van der Waals surface area contributed by atoms with Gasteiger partial charge in [0.2, 0.25) is 0 Å². The van der Waals surface area contributed by atoms with Crippen LogP contribution in [0.4, 0.5) is 5.82 Å². The molecule has 4 heterocycles. The van der Waals surface area contributed by atoms with Gasteiger partial charge in [0.1, 0.15) is 5.82 Å². The van der Waals surface area contributed by atoms with Crippen molar-refractivity contribution in [2.45, 2.75) is 32.6 Å². The van der Waals surface area contributed by atoms with Crippen molar-refractivity contribution >= 4 is 49.4 Å². The second-order valence-corrected chi connectivity index (χ2v) is 12.5. The van der Waals surface area contributed by atoms with Crippen molar-refractivity contribution in [3.63, 3.8) is 0 Å². The lowest BCUT2D eigenvalue weighted by Gasteiger charge is -2.18. The Hall–Kier alpha value is -5.68. The summed E-state index contributed by atoms with van der Waals surface area (Å²) in [6.45, 7) is 2.03. The molecule has 0 saturated carbocycles. The Morgan fingerprint density at radius 1 is 0.435 bits per heavy atom. The summed E-state index contributed by atoms with van der Waals surface area (Å²) in [4.78, 5) is 19.7. The normalized spacial score (nSPS) is 13.1. The van der Waals surface area contributed by atoms with Crippen LogP contribution in [0.25, 0.3) is 77.3 Å². The minimum Gasteiger partial charge on any atom is -0.384 e. The monoisotopic (exact) mass is 593 g/mol. The van der Waals surface area contributed by atoms with Crippen LogP contribution in [0, 0.1) is 6.92 Å². The van der Waals surface area contributed by atoms with Crippen molar-refractivity contribution in [1.82, 2.24) is 19.9 Å². The highest BCUT2D eigenvalue weighted by Gasteiger charge is 2.19. The predicted molar refractivity (Wildman–Crippen MR) is 190 cm³/mol. The zero-order valence-electron chi connectivity index (χ0n) is 25.6. The molecule has 0 atom stereocenters. The highest BCUT2D eigenvalue weighted by atomic mass is 14.8. The third-order valence-electron chi connectivity index (χ3n) is 9.36. The van der Waals surface area contributed by atoms with Gasteiger partial charge in [-0.3, -0.25) is 4.98 Å². The molecule has 8 aromatic rings. The summed E-state index contributed by atoms with van der Waals surface area (Å²) in [5.41, 5.74) is 20.1. The molecule has 0 saturated heterocycles. The van der Waals surface area contributed by atoms with Crippen molar-refractivity contribution in [3.05, 3.63) is 126 Å². The van der Waals surface area contributed by atoms with Crippen LogP contribution in [0.15, 0.2) is 109 Å². The van der Waals surface area contributed by atoms with E-state index in [1.165, 1.54) is 27.6 Å². The number of fused-ring (bicyclic) bond motifs is 7. The largest absolute Gasteiger partial charge is 0.384 e. The molecule has 46 heavy (non-hydrogen) atoms. The molecule has 0 aliphatic heterocycles. The van der Waals surface area contributed by atoms with Crippen LogP contribution in [-0.4, -0.2) is 19.9 Å². The first kappa shape index (κ1) is 26.7. The minimum absolute atomic E-state index is 0.538. The predicted octanol–water partition coefficient (Wildman–Crippen LogP) is 9.65. The lowest BCUT2D eigenvalue weighted by atomic mass is 9.91. The van der Waals surface area contributed by atoms with Gasteiger partial charge in [-0.25, -0.2) is 15.0 Å². The van der Waals surface area contributed by atoms with Crippen LogP contribution in [0.2, 0.25) is 0 Å². The van der Waals surface area contributed by atoms with Gasteiger partial charge in [0, 0.05) is 27.2 Å². The van der Waals surface area contributed by atoms with E-state index >= 15 is 0 Å². The second kappa shape index (κ2) is 10.5. The number of aromatic nitrogens is 4. The van der Waals surface area contributed by atoms with Crippen LogP contribution >= 0.6 is 0 Å². The number of hydrogen-bond donors (Lipinski definition) is 1. The van der Waals surface area contributed by atoms with Gasteiger partial charge in [0.25, 0.3) is 0 Å². The molecule has 1 aliphatic rings. The molecule has 1 aliphatic carbocycles. The maximum absolute atomic E-state index is 5.89. The van der Waals surface area contributed by atoms with E-state index in [4.69, 9.17) is 15.7 Å². The zero-order chi connectivity index (χ0) is 30.8. The topological polar surface area (TPSA) is 77.6 Å². The average molecular weight is 594 g/mol. The first-order valence-corrected chi connectivity index (χ1v) is 16.0. The highest BCUT2D eigenvalue weighted by Crippen LogP contribution is 2.36. The average Bonchev–Trinajstić information content (AvgIpc) is 3.07. The van der Waals surface area contributed by atoms with E-state index in [0.29, 0.717) is 5.82 Å². The quantitative estimate of drug-likeness (QED) is 0.216. The maximum atomic E-state index is 5.89. The molecule has 0 amide bonds. The fourth-order valence-corrected chi connectivity index (χ4v) is 6.95. The van der Waals surface area contributed by atoms with Crippen LogP contribution in [0.1, 0.15) is 29.7 Å². The summed E-state index contributed by atoms with van der Waals surface area (Å²) in [5.74, 6) is 0.538. The van der Waals surface area contributed by atoms with Gasteiger partial charge >= 0.3 is 0 Å². The summed E-state index contributed by atoms with van der Waals surface area (Å²) in [5, 5.41) is 4.55. The number of rotatable bonds is 2. The van der Waals surface area contributed by atoms with E-state index in [1.807, 2.05) is 25.1 Å². The lowest BCUT2D eigenvalue weighted by Crippen LogP contribution is -2.05. The summed E-state index contributed by atoms with van der Waals surface area (Å²) < 4.78 is 0. The fraction of sp³-hybridized carbons (Fsp3) is 0.122. The molecule has 0 fully saturated rings. The summed E-state index contributed by atoms with van der Waals surface area (Å²) in [6.07, 6.45) is 4.26. The highest BCUT2D eigenvalue weighted by molar-refractivity contribution is 5.93. The van der Waals surface area contributed by atoms with E-state index in [1.54, 1.807) is 0 Å². The summed E-state index contributed by atoms with van der Waals surface area (Å²) >= 11 is 0. The number of nitrogen functional groups attached to an aromatic ring is 1. The molecule has 4 aromatic heterocycles. The number of nitrogens with zero attached hydrogens (tertiary/aromatic N) is 4. The molecule has 5 heteroatoms. The standard InChI is InChI=1S/C41H31N5/c1-24-6-7-29-18-25(8-13-35(29)43-24)27-10-15-37-33(20-27)22-31-4-2-3-5-32-23-34-21-28(11-16-38(34)46-41(32)40(31)45-37)26-9-14-36-30(19-26)12-17-39(42)44-36/h6-23H,2-5H2,1H3,(H2,42,44). The van der Waals surface area contributed by atoms with E-state index in [9.17, 15) is 0 Å². The van der Waals surface area contributed by atoms with Gasteiger partial charge in [-0.1, -0.05) is 30.3 Å². The molecule has 2 N–H and O–H groups in total. The Bertz CT molecular complexity index is 2340. The van der Waals surface area contributed by atoms with Crippen molar-refractivity contribution in [2.24, 2.45) is 0 Å². The van der Waals surface area contributed by atoms with Crippen LogP contribution in [-0.2, 0) is 12.8 Å². The van der Waals surface area contributed by atoms with Crippen molar-refractivity contribution in [3.8, 4) is 33.6 Å². The van der Waals surface area contributed by atoms with Crippen LogP contribution in [0.5, 0.6) is 0 Å². The van der Waals surface area contributed by atoms with Gasteiger partial charge in [-0.05, 0) is 145 Å².